The Labute approximate surface area is 149 Å². The average Bonchev–Trinajstić information content (AvgIpc) is 3.12. The summed E-state index contributed by atoms with van der Waals surface area (Å²) in [5, 5.41) is 14.2. The highest BCUT2D eigenvalue weighted by Crippen LogP contribution is 2.40. The van der Waals surface area contributed by atoms with E-state index in [1.807, 2.05) is 18.7 Å². The number of hydrogen-bond acceptors (Lipinski definition) is 3. The van der Waals surface area contributed by atoms with E-state index >= 15 is 0 Å². The molecule has 2 fully saturated rings. The van der Waals surface area contributed by atoms with Crippen LogP contribution in [0.2, 0.25) is 0 Å². The molecule has 1 N–H and O–H groups in total. The monoisotopic (exact) mass is 347 g/mol. The Hall–Kier alpha value is -1.85. The van der Waals surface area contributed by atoms with E-state index in [0.29, 0.717) is 12.3 Å². The van der Waals surface area contributed by atoms with Crippen LogP contribution in [0.3, 0.4) is 0 Å². The van der Waals surface area contributed by atoms with Crippen LogP contribution in [0.15, 0.2) is 0 Å². The summed E-state index contributed by atoms with van der Waals surface area (Å²) in [4.78, 5) is 26.6. The van der Waals surface area contributed by atoms with Crippen LogP contribution in [0.25, 0.3) is 0 Å². The number of aryl methyl sites for hydroxylation is 2. The molecule has 3 unspecified atom stereocenters. The first-order chi connectivity index (χ1) is 12.0. The number of rotatable bonds is 5. The fraction of sp³-hybridized carbons (Fsp3) is 0.737. The van der Waals surface area contributed by atoms with Gasteiger partial charge >= 0.3 is 5.97 Å². The van der Waals surface area contributed by atoms with Crippen LogP contribution in [-0.4, -0.2) is 43.7 Å². The van der Waals surface area contributed by atoms with E-state index in [1.165, 1.54) is 0 Å². The molecule has 3 rings (SSSR count). The van der Waals surface area contributed by atoms with Crippen molar-refractivity contribution in [3.8, 4) is 0 Å². The summed E-state index contributed by atoms with van der Waals surface area (Å²) >= 11 is 0. The van der Waals surface area contributed by atoms with Crippen LogP contribution in [0.1, 0.15) is 62.9 Å². The second-order valence-corrected chi connectivity index (χ2v) is 7.38. The lowest BCUT2D eigenvalue weighted by atomic mass is 9.84. The zero-order valence-corrected chi connectivity index (χ0v) is 15.5. The van der Waals surface area contributed by atoms with Crippen molar-refractivity contribution >= 4 is 11.9 Å². The molecular weight excluding hydrogens is 318 g/mol. The van der Waals surface area contributed by atoms with Crippen molar-refractivity contribution in [2.75, 3.05) is 0 Å². The molecule has 1 aliphatic carbocycles. The first kappa shape index (κ1) is 18.0. The van der Waals surface area contributed by atoms with E-state index in [0.717, 1.165) is 55.5 Å². The number of fused-ring (bicyclic) bond motifs is 1. The first-order valence-electron chi connectivity index (χ1n) is 9.55. The maximum absolute atomic E-state index is 13.2. The van der Waals surface area contributed by atoms with Gasteiger partial charge in [-0.2, -0.15) is 5.10 Å². The van der Waals surface area contributed by atoms with E-state index in [1.54, 1.807) is 4.90 Å². The lowest BCUT2D eigenvalue weighted by Gasteiger charge is -2.33. The van der Waals surface area contributed by atoms with Gasteiger partial charge in [0.25, 0.3) is 0 Å². The molecular formula is C19H29N3O3. The second-order valence-electron chi connectivity index (χ2n) is 7.38. The molecule has 138 valence electrons. The molecule has 2 heterocycles. The predicted molar refractivity (Wildman–Crippen MR) is 94.3 cm³/mol. The fourth-order valence-electron chi connectivity index (χ4n) is 4.88. The molecule has 2 aliphatic rings. The van der Waals surface area contributed by atoms with Crippen molar-refractivity contribution in [2.24, 2.45) is 13.0 Å². The largest absolute Gasteiger partial charge is 0.480 e. The normalized spacial score (nSPS) is 25.9. The Bertz CT molecular complexity index is 667. The maximum atomic E-state index is 13.2. The van der Waals surface area contributed by atoms with Crippen molar-refractivity contribution < 1.29 is 14.7 Å². The molecule has 1 amide bonds. The molecule has 1 saturated carbocycles. The molecule has 0 spiro atoms. The molecule has 1 aromatic heterocycles. The summed E-state index contributed by atoms with van der Waals surface area (Å²) < 4.78 is 1.86. The third-order valence-corrected chi connectivity index (χ3v) is 6.02. The van der Waals surface area contributed by atoms with Crippen molar-refractivity contribution in [2.45, 2.75) is 77.3 Å². The highest BCUT2D eigenvalue weighted by atomic mass is 16.4. The van der Waals surface area contributed by atoms with Gasteiger partial charge in [0.1, 0.15) is 6.04 Å². The van der Waals surface area contributed by atoms with Gasteiger partial charge in [-0.3, -0.25) is 9.48 Å². The van der Waals surface area contributed by atoms with E-state index < -0.39 is 12.0 Å². The zero-order chi connectivity index (χ0) is 18.1. The predicted octanol–water partition coefficient (Wildman–Crippen LogP) is 2.33. The molecule has 0 radical (unpaired) electrons. The molecule has 6 heteroatoms. The van der Waals surface area contributed by atoms with Crippen molar-refractivity contribution in [3.05, 3.63) is 17.0 Å². The molecule has 25 heavy (non-hydrogen) atoms. The van der Waals surface area contributed by atoms with Gasteiger partial charge in [-0.25, -0.2) is 4.79 Å². The number of nitrogens with zero attached hydrogens (tertiary/aromatic N) is 3. The summed E-state index contributed by atoms with van der Waals surface area (Å²) in [6.07, 6.45) is 6.71. The smallest absolute Gasteiger partial charge is 0.326 e. The Balaban J connectivity index is 1.87. The maximum Gasteiger partial charge on any atom is 0.326 e. The van der Waals surface area contributed by atoms with E-state index in [4.69, 9.17) is 0 Å². The van der Waals surface area contributed by atoms with Crippen molar-refractivity contribution in [1.82, 2.24) is 14.7 Å². The van der Waals surface area contributed by atoms with Gasteiger partial charge in [-0.1, -0.05) is 26.7 Å². The molecule has 0 bridgehead atoms. The van der Waals surface area contributed by atoms with Gasteiger partial charge in [-0.15, -0.1) is 0 Å². The van der Waals surface area contributed by atoms with Crippen LogP contribution in [-0.2, 0) is 35.9 Å². The quantitative estimate of drug-likeness (QED) is 0.887. The van der Waals surface area contributed by atoms with E-state index in [-0.39, 0.29) is 18.4 Å². The minimum Gasteiger partial charge on any atom is -0.480 e. The average molecular weight is 347 g/mol. The SMILES string of the molecule is CCc1nn(C)c(CC)c1CC(=O)N1C(C(=O)O)CC2CCCCC21. The van der Waals surface area contributed by atoms with E-state index in [9.17, 15) is 14.7 Å². The molecule has 6 nitrogen and oxygen atoms in total. The number of likely N-dealkylation sites (tertiary alicyclic amines) is 1. The second kappa shape index (κ2) is 7.18. The van der Waals surface area contributed by atoms with Gasteiger partial charge in [0.05, 0.1) is 12.1 Å². The first-order valence-corrected chi connectivity index (χ1v) is 9.55. The highest BCUT2D eigenvalue weighted by Gasteiger charge is 2.47. The summed E-state index contributed by atoms with van der Waals surface area (Å²) in [6, 6.07) is -0.554. The Morgan fingerprint density at radius 3 is 2.56 bits per heavy atom. The van der Waals surface area contributed by atoms with Gasteiger partial charge in [-0.05, 0) is 38.0 Å². The third kappa shape index (κ3) is 3.18. The van der Waals surface area contributed by atoms with Crippen molar-refractivity contribution in [3.63, 3.8) is 0 Å². The van der Waals surface area contributed by atoms with Crippen LogP contribution >= 0.6 is 0 Å². The molecule has 1 saturated heterocycles. The Kier molecular flexibility index (Phi) is 5.16. The van der Waals surface area contributed by atoms with Crippen LogP contribution in [0.5, 0.6) is 0 Å². The number of hydrogen-bond donors (Lipinski definition) is 1. The number of carbonyl (C=O) groups excluding carboxylic acids is 1. The van der Waals surface area contributed by atoms with E-state index in [2.05, 4.69) is 12.0 Å². The highest BCUT2D eigenvalue weighted by molar-refractivity contribution is 5.86. The summed E-state index contributed by atoms with van der Waals surface area (Å²) in [7, 11) is 1.92. The summed E-state index contributed by atoms with van der Waals surface area (Å²) in [6.45, 7) is 4.11. The Morgan fingerprint density at radius 2 is 1.92 bits per heavy atom. The minimum atomic E-state index is -0.861. The van der Waals surface area contributed by atoms with Gasteiger partial charge in [0.15, 0.2) is 0 Å². The topological polar surface area (TPSA) is 75.4 Å². The van der Waals surface area contributed by atoms with Gasteiger partial charge in [0, 0.05) is 24.3 Å². The van der Waals surface area contributed by atoms with Gasteiger partial charge < -0.3 is 10.0 Å². The van der Waals surface area contributed by atoms with Crippen molar-refractivity contribution in [1.29, 1.82) is 0 Å². The molecule has 1 aromatic rings. The molecule has 0 aromatic carbocycles. The fourth-order valence-corrected chi connectivity index (χ4v) is 4.88. The Morgan fingerprint density at radius 1 is 1.20 bits per heavy atom. The number of carbonyl (C=O) groups is 2. The van der Waals surface area contributed by atoms with Crippen LogP contribution in [0, 0.1) is 5.92 Å². The lowest BCUT2D eigenvalue weighted by molar-refractivity contribution is -0.149. The summed E-state index contributed by atoms with van der Waals surface area (Å²) in [5.74, 6) is -0.552. The number of aromatic nitrogens is 2. The molecule has 1 aliphatic heterocycles. The lowest BCUT2D eigenvalue weighted by Crippen LogP contribution is -2.47. The number of amides is 1. The number of aliphatic carboxylic acids is 1. The van der Waals surface area contributed by atoms with Crippen LogP contribution in [0.4, 0.5) is 0 Å². The van der Waals surface area contributed by atoms with Gasteiger partial charge in [0.2, 0.25) is 5.91 Å². The number of carboxylic acids is 1. The third-order valence-electron chi connectivity index (χ3n) is 6.02. The minimum absolute atomic E-state index is 0.0424. The van der Waals surface area contributed by atoms with Crippen LogP contribution < -0.4 is 0 Å². The molecule has 3 atom stereocenters. The standard InChI is InChI=1S/C19H29N3O3/c1-4-14-13(15(5-2)21(3)20-14)11-18(23)22-16-9-7-6-8-12(16)10-17(22)19(24)25/h12,16-17H,4-11H2,1-3H3,(H,24,25). The summed E-state index contributed by atoms with van der Waals surface area (Å²) in [5.41, 5.74) is 3.04. The number of carboxylic acid groups (broad SMARTS) is 1. The zero-order valence-electron chi connectivity index (χ0n) is 15.5.